The largest absolute Gasteiger partial charge is 0.314 e. The quantitative estimate of drug-likeness (QED) is 0.745. The van der Waals surface area contributed by atoms with Crippen molar-refractivity contribution in [1.29, 1.82) is 0 Å². The van der Waals surface area contributed by atoms with Crippen LogP contribution in [0, 0.1) is 6.92 Å². The second-order valence-corrected chi connectivity index (χ2v) is 4.35. The van der Waals surface area contributed by atoms with Gasteiger partial charge < -0.3 is 10.6 Å². The van der Waals surface area contributed by atoms with Crippen molar-refractivity contribution >= 4 is 15.9 Å². The molecule has 0 aliphatic carbocycles. The molecule has 1 aliphatic rings. The fourth-order valence-corrected chi connectivity index (χ4v) is 2.19. The van der Waals surface area contributed by atoms with Crippen LogP contribution in [-0.2, 0) is 0 Å². The Morgan fingerprint density at radius 2 is 2.36 bits per heavy atom. The van der Waals surface area contributed by atoms with E-state index < -0.39 is 0 Å². The molecule has 2 N–H and O–H groups in total. The minimum atomic E-state index is 0.380. The van der Waals surface area contributed by atoms with E-state index in [-0.39, 0.29) is 0 Å². The number of nitrogens with zero attached hydrogens (tertiary/aromatic N) is 1. The molecule has 1 saturated heterocycles. The summed E-state index contributed by atoms with van der Waals surface area (Å²) in [6, 6.07) is 2.56. The molecule has 1 atom stereocenters. The van der Waals surface area contributed by atoms with Gasteiger partial charge in [0.1, 0.15) is 4.60 Å². The van der Waals surface area contributed by atoms with Gasteiger partial charge in [0.15, 0.2) is 0 Å². The number of pyridine rings is 1. The van der Waals surface area contributed by atoms with E-state index >= 15 is 0 Å². The summed E-state index contributed by atoms with van der Waals surface area (Å²) in [5.74, 6) is 0. The third-order valence-electron chi connectivity index (χ3n) is 2.42. The molecule has 2 heterocycles. The number of piperazine rings is 1. The third-order valence-corrected chi connectivity index (χ3v) is 3.08. The standard InChI is InChI=1S/C10H14BrN3/c1-7-4-8(10(11)14-5-7)9-6-12-2-3-13-9/h4-5,9,12-13H,2-3,6H2,1H3/t9-/m1/s1. The maximum absolute atomic E-state index is 4.30. The molecule has 0 aromatic carbocycles. The average Bonchev–Trinajstić information content (AvgIpc) is 2.23. The second-order valence-electron chi connectivity index (χ2n) is 3.60. The summed E-state index contributed by atoms with van der Waals surface area (Å²) in [5.41, 5.74) is 2.45. The van der Waals surface area contributed by atoms with Crippen molar-refractivity contribution in [3.63, 3.8) is 0 Å². The minimum Gasteiger partial charge on any atom is -0.314 e. The number of aryl methyl sites for hydroxylation is 1. The topological polar surface area (TPSA) is 37.0 Å². The molecule has 0 bridgehead atoms. The third kappa shape index (κ3) is 2.13. The van der Waals surface area contributed by atoms with Gasteiger partial charge in [0.2, 0.25) is 0 Å². The molecular weight excluding hydrogens is 242 g/mol. The van der Waals surface area contributed by atoms with E-state index in [0.29, 0.717) is 6.04 Å². The lowest BCUT2D eigenvalue weighted by Gasteiger charge is -2.25. The van der Waals surface area contributed by atoms with Crippen molar-refractivity contribution in [3.8, 4) is 0 Å². The fourth-order valence-electron chi connectivity index (χ4n) is 1.69. The lowest BCUT2D eigenvalue weighted by atomic mass is 10.1. The SMILES string of the molecule is Cc1cnc(Br)c([C@H]2CNCCN2)c1. The summed E-state index contributed by atoms with van der Waals surface area (Å²) in [7, 11) is 0. The molecule has 14 heavy (non-hydrogen) atoms. The van der Waals surface area contributed by atoms with E-state index in [0.717, 1.165) is 24.2 Å². The molecule has 0 spiro atoms. The maximum atomic E-state index is 4.30. The van der Waals surface area contributed by atoms with Crippen molar-refractivity contribution < 1.29 is 0 Å². The highest BCUT2D eigenvalue weighted by Crippen LogP contribution is 2.22. The van der Waals surface area contributed by atoms with Gasteiger partial charge in [-0.2, -0.15) is 0 Å². The van der Waals surface area contributed by atoms with Crippen LogP contribution < -0.4 is 10.6 Å². The molecule has 1 fully saturated rings. The van der Waals surface area contributed by atoms with E-state index in [4.69, 9.17) is 0 Å². The minimum absolute atomic E-state index is 0.380. The number of halogens is 1. The molecule has 2 rings (SSSR count). The Kier molecular flexibility index (Phi) is 3.15. The van der Waals surface area contributed by atoms with Gasteiger partial charge in [-0.05, 0) is 28.4 Å². The second kappa shape index (κ2) is 4.38. The first kappa shape index (κ1) is 10.1. The summed E-state index contributed by atoms with van der Waals surface area (Å²) in [6.07, 6.45) is 1.88. The number of hydrogen-bond acceptors (Lipinski definition) is 3. The van der Waals surface area contributed by atoms with Crippen LogP contribution in [0.5, 0.6) is 0 Å². The smallest absolute Gasteiger partial charge is 0.110 e. The monoisotopic (exact) mass is 255 g/mol. The predicted molar refractivity (Wildman–Crippen MR) is 60.3 cm³/mol. The van der Waals surface area contributed by atoms with E-state index in [1.54, 1.807) is 0 Å². The molecule has 0 saturated carbocycles. The van der Waals surface area contributed by atoms with Gasteiger partial charge in [0, 0.05) is 37.4 Å². The Hall–Kier alpha value is -0.450. The van der Waals surface area contributed by atoms with E-state index in [1.165, 1.54) is 11.1 Å². The van der Waals surface area contributed by atoms with Crippen molar-refractivity contribution in [2.24, 2.45) is 0 Å². The van der Waals surface area contributed by atoms with Crippen LogP contribution in [0.4, 0.5) is 0 Å². The van der Waals surface area contributed by atoms with Crippen LogP contribution in [0.1, 0.15) is 17.2 Å². The van der Waals surface area contributed by atoms with E-state index in [2.05, 4.69) is 44.5 Å². The zero-order valence-electron chi connectivity index (χ0n) is 8.18. The van der Waals surface area contributed by atoms with E-state index in [1.807, 2.05) is 6.20 Å². The highest BCUT2D eigenvalue weighted by molar-refractivity contribution is 9.10. The fraction of sp³-hybridized carbons (Fsp3) is 0.500. The zero-order valence-corrected chi connectivity index (χ0v) is 9.76. The summed E-state index contributed by atoms with van der Waals surface area (Å²) in [6.45, 7) is 5.11. The molecule has 4 heteroatoms. The Bertz CT molecular complexity index is 321. The summed E-state index contributed by atoms with van der Waals surface area (Å²) < 4.78 is 0.948. The van der Waals surface area contributed by atoms with Gasteiger partial charge in [0.25, 0.3) is 0 Å². The Balaban J connectivity index is 2.24. The summed E-state index contributed by atoms with van der Waals surface area (Å²) in [5, 5.41) is 6.84. The number of nitrogens with one attached hydrogen (secondary N) is 2. The van der Waals surface area contributed by atoms with Gasteiger partial charge in [0.05, 0.1) is 0 Å². The molecule has 3 nitrogen and oxygen atoms in total. The molecule has 0 radical (unpaired) electrons. The van der Waals surface area contributed by atoms with Crippen LogP contribution in [0.3, 0.4) is 0 Å². The lowest BCUT2D eigenvalue weighted by molar-refractivity contribution is 0.428. The molecule has 1 aromatic rings. The van der Waals surface area contributed by atoms with Gasteiger partial charge in [-0.25, -0.2) is 4.98 Å². The van der Waals surface area contributed by atoms with Gasteiger partial charge in [-0.15, -0.1) is 0 Å². The highest BCUT2D eigenvalue weighted by Gasteiger charge is 2.17. The van der Waals surface area contributed by atoms with E-state index in [9.17, 15) is 0 Å². The van der Waals surface area contributed by atoms with Gasteiger partial charge >= 0.3 is 0 Å². The molecular formula is C10H14BrN3. The average molecular weight is 256 g/mol. The van der Waals surface area contributed by atoms with Crippen LogP contribution in [0.2, 0.25) is 0 Å². The number of rotatable bonds is 1. The number of aromatic nitrogens is 1. The molecule has 1 aromatic heterocycles. The van der Waals surface area contributed by atoms with Crippen LogP contribution >= 0.6 is 15.9 Å². The molecule has 0 unspecified atom stereocenters. The Morgan fingerprint density at radius 3 is 3.07 bits per heavy atom. The first-order valence-corrected chi connectivity index (χ1v) is 5.63. The first-order valence-electron chi connectivity index (χ1n) is 4.83. The Labute approximate surface area is 92.4 Å². The molecule has 0 amide bonds. The number of hydrogen-bond donors (Lipinski definition) is 2. The summed E-state index contributed by atoms with van der Waals surface area (Å²) in [4.78, 5) is 4.30. The lowest BCUT2D eigenvalue weighted by Crippen LogP contribution is -2.42. The van der Waals surface area contributed by atoms with Crippen molar-refractivity contribution in [1.82, 2.24) is 15.6 Å². The van der Waals surface area contributed by atoms with Crippen molar-refractivity contribution in [2.45, 2.75) is 13.0 Å². The van der Waals surface area contributed by atoms with Crippen LogP contribution in [-0.4, -0.2) is 24.6 Å². The van der Waals surface area contributed by atoms with Gasteiger partial charge in [-0.3, -0.25) is 0 Å². The summed E-state index contributed by atoms with van der Waals surface area (Å²) >= 11 is 3.49. The molecule has 76 valence electrons. The normalized spacial score (nSPS) is 22.3. The Morgan fingerprint density at radius 1 is 1.50 bits per heavy atom. The van der Waals surface area contributed by atoms with Crippen molar-refractivity contribution in [2.75, 3.05) is 19.6 Å². The molecule has 1 aliphatic heterocycles. The predicted octanol–water partition coefficient (Wildman–Crippen LogP) is 1.39. The van der Waals surface area contributed by atoms with Gasteiger partial charge in [-0.1, -0.05) is 6.07 Å². The first-order chi connectivity index (χ1) is 6.77. The maximum Gasteiger partial charge on any atom is 0.110 e. The van der Waals surface area contributed by atoms with Crippen molar-refractivity contribution in [3.05, 3.63) is 28.0 Å². The van der Waals surface area contributed by atoms with Crippen LogP contribution in [0.25, 0.3) is 0 Å². The van der Waals surface area contributed by atoms with Crippen LogP contribution in [0.15, 0.2) is 16.9 Å². The zero-order chi connectivity index (χ0) is 9.97. The highest BCUT2D eigenvalue weighted by atomic mass is 79.9.